The van der Waals surface area contributed by atoms with Crippen molar-refractivity contribution < 1.29 is 9.90 Å². The fourth-order valence-corrected chi connectivity index (χ4v) is 2.73. The summed E-state index contributed by atoms with van der Waals surface area (Å²) in [5.74, 6) is -0.759. The maximum absolute atomic E-state index is 10.6. The maximum atomic E-state index is 10.6. The largest absolute Gasteiger partial charge is 0.480 e. The van der Waals surface area contributed by atoms with Crippen molar-refractivity contribution in [2.24, 2.45) is 0 Å². The van der Waals surface area contributed by atoms with Crippen molar-refractivity contribution in [1.29, 1.82) is 0 Å². The van der Waals surface area contributed by atoms with Crippen LogP contribution in [0.4, 0.5) is 0 Å². The van der Waals surface area contributed by atoms with Gasteiger partial charge in [0.25, 0.3) is 0 Å². The normalized spacial score (nSPS) is 12.5. The average Bonchev–Trinajstić information content (AvgIpc) is 2.50. The van der Waals surface area contributed by atoms with Crippen LogP contribution in [-0.2, 0) is 4.79 Å². The highest BCUT2D eigenvalue weighted by atomic mass is 16.4. The lowest BCUT2D eigenvalue weighted by Gasteiger charge is -2.08. The number of rotatable bonds is 17. The third kappa shape index (κ3) is 15.8. The van der Waals surface area contributed by atoms with Gasteiger partial charge in [0.1, 0.15) is 6.04 Å². The second-order valence-electron chi connectivity index (χ2n) is 6.61. The molecule has 0 unspecified atom stereocenters. The van der Waals surface area contributed by atoms with Crippen molar-refractivity contribution in [2.75, 3.05) is 6.54 Å². The number of carbonyl (C=O) groups is 1. The zero-order chi connectivity index (χ0) is 16.5. The summed E-state index contributed by atoms with van der Waals surface area (Å²) in [5, 5.41) is 11.8. The van der Waals surface area contributed by atoms with Crippen LogP contribution in [0.5, 0.6) is 0 Å². The summed E-state index contributed by atoms with van der Waals surface area (Å²) in [7, 11) is 0. The molecule has 0 aromatic rings. The minimum atomic E-state index is -0.759. The average molecular weight is 314 g/mol. The van der Waals surface area contributed by atoms with Crippen molar-refractivity contribution in [3.05, 3.63) is 0 Å². The van der Waals surface area contributed by atoms with E-state index < -0.39 is 12.0 Å². The Balaban J connectivity index is 3.04. The van der Waals surface area contributed by atoms with Crippen LogP contribution in [0.1, 0.15) is 104 Å². The Kier molecular flexibility index (Phi) is 16.4. The Morgan fingerprint density at radius 2 is 1.14 bits per heavy atom. The lowest BCUT2D eigenvalue weighted by atomic mass is 10.0. The van der Waals surface area contributed by atoms with Gasteiger partial charge < -0.3 is 10.4 Å². The van der Waals surface area contributed by atoms with Gasteiger partial charge in [-0.3, -0.25) is 4.79 Å². The van der Waals surface area contributed by atoms with Gasteiger partial charge in [0.2, 0.25) is 0 Å². The van der Waals surface area contributed by atoms with E-state index in [1.807, 2.05) is 0 Å². The number of hydrogen-bond acceptors (Lipinski definition) is 2. The Hall–Kier alpha value is -0.570. The summed E-state index contributed by atoms with van der Waals surface area (Å²) in [4.78, 5) is 10.6. The van der Waals surface area contributed by atoms with Gasteiger partial charge in [-0.1, -0.05) is 90.4 Å². The van der Waals surface area contributed by atoms with E-state index in [1.54, 1.807) is 6.92 Å². The van der Waals surface area contributed by atoms with Gasteiger partial charge in [-0.2, -0.15) is 0 Å². The molecule has 0 spiro atoms. The third-order valence-corrected chi connectivity index (χ3v) is 4.35. The second kappa shape index (κ2) is 16.8. The summed E-state index contributed by atoms with van der Waals surface area (Å²) in [6.45, 7) is 4.80. The van der Waals surface area contributed by atoms with E-state index in [0.29, 0.717) is 0 Å². The highest BCUT2D eigenvalue weighted by molar-refractivity contribution is 5.72. The Bertz CT molecular complexity index is 244. The molecule has 0 bridgehead atoms. The summed E-state index contributed by atoms with van der Waals surface area (Å²) >= 11 is 0. The van der Waals surface area contributed by atoms with E-state index in [1.165, 1.54) is 83.5 Å². The molecule has 3 heteroatoms. The first kappa shape index (κ1) is 21.4. The SMILES string of the molecule is CCCCCCCCCCCCCCCCN[C@H](C)C(=O)O. The van der Waals surface area contributed by atoms with Crippen LogP contribution >= 0.6 is 0 Å². The number of unbranched alkanes of at least 4 members (excludes halogenated alkanes) is 13. The van der Waals surface area contributed by atoms with E-state index in [-0.39, 0.29) is 0 Å². The minimum absolute atomic E-state index is 0.415. The molecule has 0 aliphatic heterocycles. The molecule has 0 aromatic heterocycles. The monoisotopic (exact) mass is 313 g/mol. The van der Waals surface area contributed by atoms with Crippen LogP contribution in [0.25, 0.3) is 0 Å². The summed E-state index contributed by atoms with van der Waals surface area (Å²) in [6, 6.07) is -0.415. The Labute approximate surface area is 138 Å². The molecule has 1 atom stereocenters. The highest BCUT2D eigenvalue weighted by Gasteiger charge is 2.07. The van der Waals surface area contributed by atoms with Crippen LogP contribution in [0.2, 0.25) is 0 Å². The van der Waals surface area contributed by atoms with E-state index in [4.69, 9.17) is 5.11 Å². The molecule has 22 heavy (non-hydrogen) atoms. The fraction of sp³-hybridized carbons (Fsp3) is 0.947. The molecule has 0 amide bonds. The molecule has 0 saturated carbocycles. The van der Waals surface area contributed by atoms with Gasteiger partial charge >= 0.3 is 5.97 Å². The molecule has 0 aromatic carbocycles. The first-order valence-electron chi connectivity index (χ1n) is 9.64. The molecule has 0 rings (SSSR count). The van der Waals surface area contributed by atoms with Gasteiger partial charge in [-0.05, 0) is 19.9 Å². The van der Waals surface area contributed by atoms with Crippen molar-refractivity contribution in [3.8, 4) is 0 Å². The van der Waals surface area contributed by atoms with Crippen molar-refractivity contribution >= 4 is 5.97 Å². The lowest BCUT2D eigenvalue weighted by Crippen LogP contribution is -2.34. The second-order valence-corrected chi connectivity index (χ2v) is 6.61. The molecule has 0 fully saturated rings. The maximum Gasteiger partial charge on any atom is 0.320 e. The molecular formula is C19H39NO2. The number of hydrogen-bond donors (Lipinski definition) is 2. The van der Waals surface area contributed by atoms with Gasteiger partial charge in [-0.15, -0.1) is 0 Å². The molecular weight excluding hydrogens is 274 g/mol. The summed E-state index contributed by atoms with van der Waals surface area (Å²) in [6.07, 6.45) is 19.0. The van der Waals surface area contributed by atoms with Crippen LogP contribution < -0.4 is 5.32 Å². The quantitative estimate of drug-likeness (QED) is 0.347. The van der Waals surface area contributed by atoms with E-state index in [9.17, 15) is 4.79 Å². The number of nitrogens with one attached hydrogen (secondary N) is 1. The molecule has 0 saturated heterocycles. The van der Waals surface area contributed by atoms with E-state index >= 15 is 0 Å². The number of carboxylic acids is 1. The molecule has 0 heterocycles. The smallest absolute Gasteiger partial charge is 0.320 e. The van der Waals surface area contributed by atoms with Crippen LogP contribution in [0, 0.1) is 0 Å². The van der Waals surface area contributed by atoms with Gasteiger partial charge in [-0.25, -0.2) is 0 Å². The number of aliphatic carboxylic acids is 1. The fourth-order valence-electron chi connectivity index (χ4n) is 2.73. The van der Waals surface area contributed by atoms with E-state index in [2.05, 4.69) is 12.2 Å². The van der Waals surface area contributed by atoms with Crippen molar-refractivity contribution in [2.45, 2.75) is 110 Å². The third-order valence-electron chi connectivity index (χ3n) is 4.35. The molecule has 2 N–H and O–H groups in total. The molecule has 0 aliphatic carbocycles. The van der Waals surface area contributed by atoms with Gasteiger partial charge in [0.15, 0.2) is 0 Å². The predicted molar refractivity (Wildman–Crippen MR) is 95.4 cm³/mol. The van der Waals surface area contributed by atoms with Crippen LogP contribution in [-0.4, -0.2) is 23.7 Å². The highest BCUT2D eigenvalue weighted by Crippen LogP contribution is 2.12. The van der Waals surface area contributed by atoms with Gasteiger partial charge in [0.05, 0.1) is 0 Å². The summed E-state index contributed by atoms with van der Waals surface area (Å²) < 4.78 is 0. The Morgan fingerprint density at radius 3 is 1.50 bits per heavy atom. The molecule has 0 aliphatic rings. The molecule has 3 nitrogen and oxygen atoms in total. The first-order valence-corrected chi connectivity index (χ1v) is 9.64. The zero-order valence-corrected chi connectivity index (χ0v) is 15.0. The minimum Gasteiger partial charge on any atom is -0.480 e. The lowest BCUT2D eigenvalue weighted by molar-refractivity contribution is -0.138. The van der Waals surface area contributed by atoms with E-state index in [0.717, 1.165) is 13.0 Å². The number of carboxylic acid groups (broad SMARTS) is 1. The van der Waals surface area contributed by atoms with Gasteiger partial charge in [0, 0.05) is 0 Å². The molecule has 0 radical (unpaired) electrons. The predicted octanol–water partition coefficient (Wildman–Crippen LogP) is 5.53. The summed E-state index contributed by atoms with van der Waals surface area (Å²) in [5.41, 5.74) is 0. The van der Waals surface area contributed by atoms with Crippen molar-refractivity contribution in [3.63, 3.8) is 0 Å². The first-order chi connectivity index (χ1) is 10.7. The molecule has 132 valence electrons. The topological polar surface area (TPSA) is 49.3 Å². The standard InChI is InChI=1S/C19H39NO2/c1-3-4-5-6-7-8-9-10-11-12-13-14-15-16-17-20-18(2)19(21)22/h18,20H,3-17H2,1-2H3,(H,21,22)/t18-/m1/s1. The van der Waals surface area contributed by atoms with Crippen molar-refractivity contribution in [1.82, 2.24) is 5.32 Å². The van der Waals surface area contributed by atoms with Crippen LogP contribution in [0.15, 0.2) is 0 Å². The Morgan fingerprint density at radius 1 is 0.773 bits per heavy atom. The van der Waals surface area contributed by atoms with Crippen LogP contribution in [0.3, 0.4) is 0 Å². The zero-order valence-electron chi connectivity index (χ0n) is 15.0.